The maximum Gasteiger partial charge on any atom is 0.408 e. The fourth-order valence-corrected chi connectivity index (χ4v) is 1.45. The van der Waals surface area contributed by atoms with Gasteiger partial charge in [-0.25, -0.2) is 4.79 Å². The summed E-state index contributed by atoms with van der Waals surface area (Å²) >= 11 is 0. The molecule has 1 unspecified atom stereocenters. The van der Waals surface area contributed by atoms with Gasteiger partial charge in [0.25, 0.3) is 0 Å². The third-order valence-corrected chi connectivity index (χ3v) is 2.17. The third-order valence-electron chi connectivity index (χ3n) is 2.17. The summed E-state index contributed by atoms with van der Waals surface area (Å²) in [5, 5.41) is 5.07. The van der Waals surface area contributed by atoms with Crippen molar-refractivity contribution in [3.05, 3.63) is 36.5 Å². The van der Waals surface area contributed by atoms with E-state index in [2.05, 4.69) is 17.2 Å². The number of nitrogens with one attached hydrogen (secondary N) is 2. The van der Waals surface area contributed by atoms with Gasteiger partial charge < -0.3 is 15.4 Å². The summed E-state index contributed by atoms with van der Waals surface area (Å²) in [7, 11) is 1.51. The van der Waals surface area contributed by atoms with Gasteiger partial charge in [0.15, 0.2) is 0 Å². The van der Waals surface area contributed by atoms with Gasteiger partial charge in [-0.1, -0.05) is 30.9 Å². The predicted molar refractivity (Wildman–Crippen MR) is 80.3 cm³/mol. The molecule has 0 aliphatic heterocycles. The number of carbonyl (C=O) groups excluding carboxylic acids is 2. The van der Waals surface area contributed by atoms with E-state index in [0.717, 1.165) is 0 Å². The number of ether oxygens (including phenoxy) is 1. The number of rotatable bonds is 5. The lowest BCUT2D eigenvalue weighted by Gasteiger charge is -2.23. The zero-order valence-corrected chi connectivity index (χ0v) is 12.8. The first kappa shape index (κ1) is 18.0. The number of hydrogen-bond acceptors (Lipinski definition) is 3. The molecule has 0 spiro atoms. The highest BCUT2D eigenvalue weighted by Gasteiger charge is 2.25. The minimum Gasteiger partial charge on any atom is -0.444 e. The van der Waals surface area contributed by atoms with Crippen LogP contribution in [0.2, 0.25) is 0 Å². The molecule has 0 aromatic carbocycles. The molecule has 112 valence electrons. The molecule has 0 aromatic heterocycles. The highest BCUT2D eigenvalue weighted by atomic mass is 16.6. The van der Waals surface area contributed by atoms with E-state index in [1.165, 1.54) is 7.05 Å². The van der Waals surface area contributed by atoms with E-state index in [1.807, 2.05) is 6.92 Å². The van der Waals surface area contributed by atoms with E-state index in [0.29, 0.717) is 5.57 Å². The summed E-state index contributed by atoms with van der Waals surface area (Å²) in [5.74, 6) is -0.331. The molecule has 0 saturated carbocycles. The van der Waals surface area contributed by atoms with Gasteiger partial charge in [-0.2, -0.15) is 0 Å². The second-order valence-electron chi connectivity index (χ2n) is 5.10. The van der Waals surface area contributed by atoms with Crippen molar-refractivity contribution < 1.29 is 14.3 Å². The highest BCUT2D eigenvalue weighted by Crippen LogP contribution is 2.10. The fraction of sp³-hybridized carbons (Fsp3) is 0.467. The number of carbonyl (C=O) groups is 2. The minimum absolute atomic E-state index is 0.331. The molecule has 5 heteroatoms. The number of allylic oxidation sites excluding steroid dienone is 3. The van der Waals surface area contributed by atoms with Crippen LogP contribution in [0.4, 0.5) is 4.79 Å². The second-order valence-corrected chi connectivity index (χ2v) is 5.10. The lowest BCUT2D eigenvalue weighted by molar-refractivity contribution is -0.121. The van der Waals surface area contributed by atoms with Crippen molar-refractivity contribution in [2.24, 2.45) is 0 Å². The van der Waals surface area contributed by atoms with Crippen LogP contribution >= 0.6 is 0 Å². The molecule has 20 heavy (non-hydrogen) atoms. The summed E-state index contributed by atoms with van der Waals surface area (Å²) in [5.41, 5.74) is -0.00652. The molecule has 5 nitrogen and oxygen atoms in total. The van der Waals surface area contributed by atoms with Gasteiger partial charge in [0.2, 0.25) is 5.91 Å². The molecular weight excluding hydrogens is 256 g/mol. The van der Waals surface area contributed by atoms with E-state index < -0.39 is 17.7 Å². The van der Waals surface area contributed by atoms with E-state index in [1.54, 1.807) is 45.1 Å². The third kappa shape index (κ3) is 6.78. The molecule has 0 fully saturated rings. The molecule has 0 aromatic rings. The zero-order valence-electron chi connectivity index (χ0n) is 12.8. The Hall–Kier alpha value is -2.04. The van der Waals surface area contributed by atoms with Gasteiger partial charge >= 0.3 is 6.09 Å². The van der Waals surface area contributed by atoms with Crippen molar-refractivity contribution in [2.45, 2.75) is 39.3 Å². The number of alkyl carbamates (subject to hydrolysis) is 1. The molecule has 0 aliphatic rings. The Morgan fingerprint density at radius 2 is 1.90 bits per heavy atom. The molecule has 0 heterocycles. The quantitative estimate of drug-likeness (QED) is 0.759. The van der Waals surface area contributed by atoms with Crippen LogP contribution in [0.1, 0.15) is 27.7 Å². The van der Waals surface area contributed by atoms with Crippen molar-refractivity contribution in [3.63, 3.8) is 0 Å². The van der Waals surface area contributed by atoms with Gasteiger partial charge in [0.1, 0.15) is 11.6 Å². The summed E-state index contributed by atoms with van der Waals surface area (Å²) in [6.07, 6.45) is 6.09. The Balaban J connectivity index is 5.17. The molecule has 0 radical (unpaired) electrons. The van der Waals surface area contributed by atoms with Crippen LogP contribution in [0.5, 0.6) is 0 Å². The van der Waals surface area contributed by atoms with Gasteiger partial charge in [0.05, 0.1) is 0 Å². The van der Waals surface area contributed by atoms with E-state index in [9.17, 15) is 9.59 Å². The van der Waals surface area contributed by atoms with Crippen LogP contribution in [0.15, 0.2) is 36.5 Å². The molecule has 2 amide bonds. The molecule has 0 bridgehead atoms. The molecule has 0 saturated heterocycles. The van der Waals surface area contributed by atoms with Gasteiger partial charge in [0, 0.05) is 7.05 Å². The predicted octanol–water partition coefficient (Wildman–Crippen LogP) is 2.31. The van der Waals surface area contributed by atoms with Crippen molar-refractivity contribution in [1.29, 1.82) is 0 Å². The first-order chi connectivity index (χ1) is 9.25. The van der Waals surface area contributed by atoms with Crippen LogP contribution in [0.25, 0.3) is 0 Å². The summed E-state index contributed by atoms with van der Waals surface area (Å²) < 4.78 is 5.16. The Kier molecular flexibility index (Phi) is 7.36. The molecule has 0 rings (SSSR count). The van der Waals surface area contributed by atoms with Crippen LogP contribution in [-0.4, -0.2) is 30.7 Å². The summed E-state index contributed by atoms with van der Waals surface area (Å²) in [4.78, 5) is 23.7. The molecular formula is C15H24N2O3. The lowest BCUT2D eigenvalue weighted by Crippen LogP contribution is -2.48. The smallest absolute Gasteiger partial charge is 0.408 e. The monoisotopic (exact) mass is 280 g/mol. The Morgan fingerprint density at radius 3 is 2.30 bits per heavy atom. The van der Waals surface area contributed by atoms with E-state index in [-0.39, 0.29) is 5.91 Å². The Labute approximate surface area is 120 Å². The normalized spacial score (nSPS) is 13.8. The SMILES string of the molecule is C=C/C=C(\C=C/C)C(NC(=O)OC(C)(C)C)C(=O)NC. The molecule has 2 N–H and O–H groups in total. The maximum absolute atomic E-state index is 11.9. The van der Waals surface area contributed by atoms with Crippen molar-refractivity contribution in [1.82, 2.24) is 10.6 Å². The van der Waals surface area contributed by atoms with Crippen LogP contribution in [0.3, 0.4) is 0 Å². The lowest BCUT2D eigenvalue weighted by atomic mass is 10.1. The van der Waals surface area contributed by atoms with E-state index >= 15 is 0 Å². The first-order valence-electron chi connectivity index (χ1n) is 6.41. The van der Waals surface area contributed by atoms with Gasteiger partial charge in [-0.05, 0) is 33.3 Å². The second kappa shape index (κ2) is 8.19. The van der Waals surface area contributed by atoms with Crippen molar-refractivity contribution >= 4 is 12.0 Å². The first-order valence-corrected chi connectivity index (χ1v) is 6.41. The van der Waals surface area contributed by atoms with Crippen LogP contribution < -0.4 is 10.6 Å². The standard InChI is InChI=1S/C15H24N2O3/c1-7-9-11(10-8-2)12(13(18)16-6)17-14(19)20-15(3,4)5/h7-10,12H,1H2,2-6H3,(H,16,18)(H,17,19)/b10-8-,11-9+. The Morgan fingerprint density at radius 1 is 1.30 bits per heavy atom. The fourth-order valence-electron chi connectivity index (χ4n) is 1.45. The van der Waals surface area contributed by atoms with Crippen molar-refractivity contribution in [2.75, 3.05) is 7.05 Å². The van der Waals surface area contributed by atoms with Crippen molar-refractivity contribution in [3.8, 4) is 0 Å². The van der Waals surface area contributed by atoms with Gasteiger partial charge in [-0.3, -0.25) is 4.79 Å². The molecule has 1 atom stereocenters. The van der Waals surface area contributed by atoms with Crippen LogP contribution in [-0.2, 0) is 9.53 Å². The Bertz CT molecular complexity index is 417. The average molecular weight is 280 g/mol. The summed E-state index contributed by atoms with van der Waals surface area (Å²) in [6.45, 7) is 10.7. The van der Waals surface area contributed by atoms with E-state index in [4.69, 9.17) is 4.74 Å². The number of hydrogen-bond donors (Lipinski definition) is 2. The summed E-state index contributed by atoms with van der Waals surface area (Å²) in [6, 6.07) is -0.830. The molecule has 0 aliphatic carbocycles. The number of amides is 2. The minimum atomic E-state index is -0.830. The maximum atomic E-state index is 11.9. The van der Waals surface area contributed by atoms with Gasteiger partial charge in [-0.15, -0.1) is 0 Å². The highest BCUT2D eigenvalue weighted by molar-refractivity contribution is 5.89. The topological polar surface area (TPSA) is 67.4 Å². The average Bonchev–Trinajstić information content (AvgIpc) is 2.32. The largest absolute Gasteiger partial charge is 0.444 e. The number of likely N-dealkylation sites (N-methyl/N-ethyl adjacent to an activating group) is 1. The van der Waals surface area contributed by atoms with Crippen LogP contribution in [0, 0.1) is 0 Å². The zero-order chi connectivity index (χ0) is 15.8.